The van der Waals surface area contributed by atoms with E-state index in [2.05, 4.69) is 28.7 Å². The molecule has 10 heteroatoms. The van der Waals surface area contributed by atoms with Crippen molar-refractivity contribution in [2.75, 3.05) is 40.0 Å². The number of nitrogens with zero attached hydrogens (tertiary/aromatic N) is 3. The van der Waals surface area contributed by atoms with Crippen LogP contribution in [0.1, 0.15) is 37.8 Å². The molecule has 35 heavy (non-hydrogen) atoms. The molecular formula is C25H35N3O6S. The van der Waals surface area contributed by atoms with E-state index in [1.54, 1.807) is 7.11 Å². The maximum Gasteiger partial charge on any atom is 0.304 e. The number of methoxy groups -OCH3 is 1. The standard InChI is InChI=1S/C25H35N3O6S/c1-17(2)13-28-9-7-21(8-10-28)33-24-18(3)25(27-16-26-24)34-22-6-5-19(12-23(22)30-4)11-20-14-31-35(29)32-15-20/h5-6,12,16-17,20-21H,7-11,13-15H2,1-4H3. The highest BCUT2D eigenvalue weighted by Crippen LogP contribution is 2.35. The molecule has 0 radical (unpaired) electrons. The predicted molar refractivity (Wildman–Crippen MR) is 132 cm³/mol. The van der Waals surface area contributed by atoms with Crippen molar-refractivity contribution >= 4 is 11.4 Å². The molecule has 3 heterocycles. The molecule has 2 aliphatic rings. The summed E-state index contributed by atoms with van der Waals surface area (Å²) in [4.78, 5) is 11.2. The molecule has 9 nitrogen and oxygen atoms in total. The van der Waals surface area contributed by atoms with Gasteiger partial charge < -0.3 is 19.1 Å². The smallest absolute Gasteiger partial charge is 0.304 e. The van der Waals surface area contributed by atoms with Crippen LogP contribution in [0, 0.1) is 18.8 Å². The molecule has 0 saturated carbocycles. The number of rotatable bonds is 9. The number of likely N-dealkylation sites (tertiary alicyclic amines) is 1. The number of benzene rings is 1. The van der Waals surface area contributed by atoms with Crippen LogP contribution in [-0.4, -0.2) is 65.1 Å². The molecule has 0 atom stereocenters. The molecular weight excluding hydrogens is 470 g/mol. The summed E-state index contributed by atoms with van der Waals surface area (Å²) in [6.45, 7) is 10.4. The number of hydrogen-bond acceptors (Lipinski definition) is 9. The minimum absolute atomic E-state index is 0.130. The molecule has 2 aromatic rings. The molecule has 0 amide bonds. The number of aromatic nitrogens is 2. The minimum Gasteiger partial charge on any atom is -0.493 e. The molecule has 0 N–H and O–H groups in total. The normalized spacial score (nSPS) is 21.7. The Morgan fingerprint density at radius 2 is 1.83 bits per heavy atom. The van der Waals surface area contributed by atoms with Crippen molar-refractivity contribution in [1.29, 1.82) is 0 Å². The molecule has 192 valence electrons. The topological polar surface area (TPSA) is 92.2 Å². The summed E-state index contributed by atoms with van der Waals surface area (Å²) >= 11 is -1.63. The van der Waals surface area contributed by atoms with Gasteiger partial charge in [0.1, 0.15) is 12.4 Å². The second-order valence-corrected chi connectivity index (χ2v) is 10.4. The van der Waals surface area contributed by atoms with Gasteiger partial charge in [-0.15, -0.1) is 0 Å². The van der Waals surface area contributed by atoms with Gasteiger partial charge in [-0.3, -0.25) is 8.37 Å². The van der Waals surface area contributed by atoms with Crippen molar-refractivity contribution in [3.8, 4) is 23.3 Å². The number of hydrogen-bond donors (Lipinski definition) is 0. The molecule has 2 saturated heterocycles. The SMILES string of the molecule is COc1cc(CC2COS(=O)OC2)ccc1Oc1ncnc(OC2CCN(CC(C)C)CC2)c1C. The minimum atomic E-state index is -1.63. The maximum absolute atomic E-state index is 11.2. The monoisotopic (exact) mass is 505 g/mol. The fourth-order valence-electron chi connectivity index (χ4n) is 4.39. The third-order valence-corrected chi connectivity index (χ3v) is 6.84. The molecule has 2 aliphatic heterocycles. The Labute approximate surface area is 210 Å². The Balaban J connectivity index is 1.39. The van der Waals surface area contributed by atoms with Crippen molar-refractivity contribution < 1.29 is 26.8 Å². The van der Waals surface area contributed by atoms with Crippen LogP contribution in [0.15, 0.2) is 24.5 Å². The molecule has 0 unspecified atom stereocenters. The van der Waals surface area contributed by atoms with E-state index in [1.807, 2.05) is 25.1 Å². The van der Waals surface area contributed by atoms with Gasteiger partial charge in [0.15, 0.2) is 11.5 Å². The zero-order valence-electron chi connectivity index (χ0n) is 20.9. The van der Waals surface area contributed by atoms with Crippen LogP contribution >= 0.6 is 0 Å². The van der Waals surface area contributed by atoms with Crippen LogP contribution in [0.25, 0.3) is 0 Å². The third-order valence-electron chi connectivity index (χ3n) is 6.19. The zero-order valence-corrected chi connectivity index (χ0v) is 21.7. The Kier molecular flexibility index (Phi) is 8.94. The first kappa shape index (κ1) is 25.8. The Hall–Kier alpha value is -2.27. The van der Waals surface area contributed by atoms with E-state index in [0.717, 1.165) is 43.6 Å². The van der Waals surface area contributed by atoms with E-state index in [1.165, 1.54) is 6.33 Å². The second-order valence-electron chi connectivity index (χ2n) is 9.55. The zero-order chi connectivity index (χ0) is 24.8. The summed E-state index contributed by atoms with van der Waals surface area (Å²) in [5, 5.41) is 0. The van der Waals surface area contributed by atoms with Crippen molar-refractivity contribution in [2.45, 2.75) is 46.1 Å². The van der Waals surface area contributed by atoms with Crippen molar-refractivity contribution in [3.05, 3.63) is 35.7 Å². The average Bonchev–Trinajstić information content (AvgIpc) is 2.84. The van der Waals surface area contributed by atoms with Crippen LogP contribution in [0.4, 0.5) is 0 Å². The van der Waals surface area contributed by atoms with Crippen LogP contribution in [0.3, 0.4) is 0 Å². The molecule has 0 spiro atoms. The van der Waals surface area contributed by atoms with Crippen molar-refractivity contribution in [1.82, 2.24) is 14.9 Å². The fourth-order valence-corrected chi connectivity index (χ4v) is 5.06. The summed E-state index contributed by atoms with van der Waals surface area (Å²) in [5.74, 6) is 2.96. The van der Waals surface area contributed by atoms with Gasteiger partial charge in [-0.1, -0.05) is 19.9 Å². The lowest BCUT2D eigenvalue weighted by Gasteiger charge is -2.33. The van der Waals surface area contributed by atoms with E-state index in [0.29, 0.717) is 48.8 Å². The van der Waals surface area contributed by atoms with E-state index in [-0.39, 0.29) is 12.0 Å². The first-order chi connectivity index (χ1) is 16.9. The molecule has 1 aromatic carbocycles. The molecule has 0 aliphatic carbocycles. The highest BCUT2D eigenvalue weighted by molar-refractivity contribution is 7.75. The van der Waals surface area contributed by atoms with E-state index in [9.17, 15) is 4.21 Å². The molecule has 0 bridgehead atoms. The lowest BCUT2D eigenvalue weighted by molar-refractivity contribution is 0.0897. The quantitative estimate of drug-likeness (QED) is 0.503. The van der Waals surface area contributed by atoms with E-state index < -0.39 is 11.4 Å². The van der Waals surface area contributed by atoms with Gasteiger partial charge in [0.05, 0.1) is 25.9 Å². The number of ether oxygens (including phenoxy) is 3. The van der Waals surface area contributed by atoms with Crippen molar-refractivity contribution in [3.63, 3.8) is 0 Å². The highest BCUT2D eigenvalue weighted by Gasteiger charge is 2.24. The van der Waals surface area contributed by atoms with Gasteiger partial charge in [0, 0.05) is 25.6 Å². The van der Waals surface area contributed by atoms with Crippen molar-refractivity contribution in [2.24, 2.45) is 11.8 Å². The van der Waals surface area contributed by atoms with Gasteiger partial charge in [-0.25, -0.2) is 9.97 Å². The first-order valence-corrected chi connectivity index (χ1v) is 13.1. The maximum atomic E-state index is 11.2. The van der Waals surface area contributed by atoms with E-state index in [4.69, 9.17) is 22.6 Å². The van der Waals surface area contributed by atoms with Gasteiger partial charge in [0.25, 0.3) is 0 Å². The lowest BCUT2D eigenvalue weighted by atomic mass is 10.0. The molecule has 2 fully saturated rings. The molecule has 4 rings (SSSR count). The van der Waals surface area contributed by atoms with Crippen LogP contribution in [-0.2, 0) is 26.1 Å². The predicted octanol–water partition coefficient (Wildman–Crippen LogP) is 3.87. The highest BCUT2D eigenvalue weighted by atomic mass is 32.2. The van der Waals surface area contributed by atoms with Gasteiger partial charge >= 0.3 is 11.4 Å². The summed E-state index contributed by atoms with van der Waals surface area (Å²) in [6.07, 6.45) is 4.29. The van der Waals surface area contributed by atoms with E-state index >= 15 is 0 Å². The first-order valence-electron chi connectivity index (χ1n) is 12.1. The van der Waals surface area contributed by atoms with Crippen LogP contribution < -0.4 is 14.2 Å². The average molecular weight is 506 g/mol. The summed E-state index contributed by atoms with van der Waals surface area (Å²) < 4.78 is 39.3. The largest absolute Gasteiger partial charge is 0.493 e. The fraction of sp³-hybridized carbons (Fsp3) is 0.600. The molecule has 1 aromatic heterocycles. The van der Waals surface area contributed by atoms with Gasteiger partial charge in [-0.2, -0.15) is 4.21 Å². The van der Waals surface area contributed by atoms with Crippen LogP contribution in [0.2, 0.25) is 0 Å². The van der Waals surface area contributed by atoms with Crippen LogP contribution in [0.5, 0.6) is 23.3 Å². The third kappa shape index (κ3) is 7.13. The second kappa shape index (κ2) is 12.1. The van der Waals surface area contributed by atoms with Gasteiger partial charge in [-0.05, 0) is 49.8 Å². The summed E-state index contributed by atoms with van der Waals surface area (Å²) in [6, 6.07) is 5.77. The Morgan fingerprint density at radius 1 is 1.11 bits per heavy atom. The Morgan fingerprint density at radius 3 is 2.51 bits per heavy atom. The summed E-state index contributed by atoms with van der Waals surface area (Å²) in [5.41, 5.74) is 1.80. The Bertz CT molecular complexity index is 1000. The summed E-state index contributed by atoms with van der Waals surface area (Å²) in [7, 11) is 1.61. The lowest BCUT2D eigenvalue weighted by Crippen LogP contribution is -2.40. The number of piperidine rings is 1. The van der Waals surface area contributed by atoms with Gasteiger partial charge in [0.2, 0.25) is 11.8 Å².